The van der Waals surface area contributed by atoms with Gasteiger partial charge in [0.15, 0.2) is 0 Å². The average Bonchev–Trinajstić information content (AvgIpc) is 2.99. The summed E-state index contributed by atoms with van der Waals surface area (Å²) in [4.78, 5) is 11.9. The van der Waals surface area contributed by atoms with Gasteiger partial charge >= 0.3 is 0 Å². The van der Waals surface area contributed by atoms with Crippen LogP contribution >= 0.6 is 0 Å². The topological polar surface area (TPSA) is 119 Å². The summed E-state index contributed by atoms with van der Waals surface area (Å²) in [5, 5.41) is 16.4. The zero-order valence-corrected chi connectivity index (χ0v) is 11.0. The molecule has 0 bridgehead atoms. The maximum Gasteiger partial charge on any atom is 0.241 e. The number of benzene rings is 1. The highest BCUT2D eigenvalue weighted by Gasteiger charge is 2.13. The third-order valence-corrected chi connectivity index (χ3v) is 2.70. The minimum Gasteiger partial charge on any atom is -0.385 e. The monoisotopic (exact) mass is 276 g/mol. The van der Waals surface area contributed by atoms with Gasteiger partial charge in [0, 0.05) is 25.0 Å². The molecule has 4 N–H and O–H groups in total. The van der Waals surface area contributed by atoms with Gasteiger partial charge in [0.1, 0.15) is 0 Å². The fourth-order valence-corrected chi connectivity index (χ4v) is 1.63. The molecule has 2 rings (SSSR count). The largest absolute Gasteiger partial charge is 0.385 e. The molecule has 0 aliphatic rings. The van der Waals surface area contributed by atoms with Gasteiger partial charge in [0.25, 0.3) is 0 Å². The first-order valence-corrected chi connectivity index (χ1v) is 6.10. The van der Waals surface area contributed by atoms with E-state index in [2.05, 4.69) is 25.9 Å². The first-order valence-electron chi connectivity index (χ1n) is 6.10. The Morgan fingerprint density at radius 1 is 1.55 bits per heavy atom. The average molecular weight is 276 g/mol. The molecule has 20 heavy (non-hydrogen) atoms. The lowest BCUT2D eigenvalue weighted by Crippen LogP contribution is -2.36. The Hall–Kier alpha value is -2.32. The van der Waals surface area contributed by atoms with E-state index in [1.54, 1.807) is 25.3 Å². The van der Waals surface area contributed by atoms with Crippen LogP contribution in [0.3, 0.4) is 0 Å². The van der Waals surface area contributed by atoms with Crippen molar-refractivity contribution in [1.29, 1.82) is 0 Å². The second kappa shape index (κ2) is 6.73. The second-order valence-corrected chi connectivity index (χ2v) is 4.19. The van der Waals surface area contributed by atoms with E-state index in [0.717, 1.165) is 5.56 Å². The molecular formula is C12H16N6O2. The molecule has 8 heteroatoms. The molecule has 0 saturated heterocycles. The number of anilines is 1. The van der Waals surface area contributed by atoms with Gasteiger partial charge in [-0.15, -0.1) is 10.2 Å². The summed E-state index contributed by atoms with van der Waals surface area (Å²) in [6.07, 6.45) is 0.465. The van der Waals surface area contributed by atoms with Gasteiger partial charge in [-0.05, 0) is 23.8 Å². The Morgan fingerprint density at radius 2 is 2.40 bits per heavy atom. The number of carbonyl (C=O) groups excluding carboxylic acids is 1. The molecule has 1 aromatic heterocycles. The van der Waals surface area contributed by atoms with Crippen molar-refractivity contribution in [3.63, 3.8) is 0 Å². The molecule has 1 heterocycles. The normalized spacial score (nSPS) is 12.1. The summed E-state index contributed by atoms with van der Waals surface area (Å²) in [5.41, 5.74) is 7.13. The number of methoxy groups -OCH3 is 1. The molecule has 1 amide bonds. The van der Waals surface area contributed by atoms with Gasteiger partial charge in [-0.3, -0.25) is 4.79 Å². The number of nitrogens with two attached hydrogens (primary N) is 1. The van der Waals surface area contributed by atoms with E-state index in [-0.39, 0.29) is 5.91 Å². The Labute approximate surface area is 115 Å². The Balaban J connectivity index is 2.03. The SMILES string of the molecule is COCCC(N)C(=O)Nc1cccc(-c2nn[nH]n2)c1. The van der Waals surface area contributed by atoms with Crippen molar-refractivity contribution >= 4 is 11.6 Å². The van der Waals surface area contributed by atoms with Crippen LogP contribution in [0.1, 0.15) is 6.42 Å². The first-order chi connectivity index (χ1) is 9.70. The molecule has 1 aromatic carbocycles. The van der Waals surface area contributed by atoms with Crippen LogP contribution in [0.15, 0.2) is 24.3 Å². The number of ether oxygens (including phenoxy) is 1. The van der Waals surface area contributed by atoms with E-state index in [0.29, 0.717) is 24.5 Å². The van der Waals surface area contributed by atoms with Gasteiger partial charge in [0.05, 0.1) is 6.04 Å². The van der Waals surface area contributed by atoms with Gasteiger partial charge in [-0.25, -0.2) is 0 Å². The molecule has 0 saturated carbocycles. The number of amides is 1. The van der Waals surface area contributed by atoms with Crippen molar-refractivity contribution in [1.82, 2.24) is 20.6 Å². The van der Waals surface area contributed by atoms with Crippen LogP contribution in [0, 0.1) is 0 Å². The maximum atomic E-state index is 11.9. The van der Waals surface area contributed by atoms with Crippen LogP contribution in [0.25, 0.3) is 11.4 Å². The minimum absolute atomic E-state index is 0.257. The Bertz CT molecular complexity index is 557. The van der Waals surface area contributed by atoms with Crippen molar-refractivity contribution in [3.05, 3.63) is 24.3 Å². The quantitative estimate of drug-likeness (QED) is 0.692. The van der Waals surface area contributed by atoms with E-state index in [1.165, 1.54) is 0 Å². The summed E-state index contributed by atoms with van der Waals surface area (Å²) in [6, 6.07) is 6.53. The molecule has 0 radical (unpaired) electrons. The summed E-state index contributed by atoms with van der Waals surface area (Å²) >= 11 is 0. The van der Waals surface area contributed by atoms with E-state index in [1.807, 2.05) is 6.07 Å². The second-order valence-electron chi connectivity index (χ2n) is 4.19. The zero-order chi connectivity index (χ0) is 14.4. The van der Waals surface area contributed by atoms with Crippen LogP contribution in [0.2, 0.25) is 0 Å². The van der Waals surface area contributed by atoms with Crippen LogP contribution < -0.4 is 11.1 Å². The lowest BCUT2D eigenvalue weighted by atomic mass is 10.1. The summed E-state index contributed by atoms with van der Waals surface area (Å²) in [7, 11) is 1.57. The van der Waals surface area contributed by atoms with Crippen LogP contribution in [0.5, 0.6) is 0 Å². The molecule has 8 nitrogen and oxygen atoms in total. The van der Waals surface area contributed by atoms with Gasteiger partial charge in [-0.2, -0.15) is 5.21 Å². The number of rotatable bonds is 6. The molecule has 0 aliphatic heterocycles. The summed E-state index contributed by atoms with van der Waals surface area (Å²) in [5.74, 6) is 0.206. The minimum atomic E-state index is -0.608. The van der Waals surface area contributed by atoms with Crippen LogP contribution in [0.4, 0.5) is 5.69 Å². The Kier molecular flexibility index (Phi) is 4.75. The highest BCUT2D eigenvalue weighted by molar-refractivity contribution is 5.95. The summed E-state index contributed by atoms with van der Waals surface area (Å²) < 4.78 is 4.89. The number of aromatic nitrogens is 4. The molecule has 1 atom stereocenters. The van der Waals surface area contributed by atoms with Crippen molar-refractivity contribution in [2.75, 3.05) is 19.0 Å². The molecule has 0 spiro atoms. The third-order valence-electron chi connectivity index (χ3n) is 2.70. The fraction of sp³-hybridized carbons (Fsp3) is 0.333. The van der Waals surface area contributed by atoms with Crippen LogP contribution in [-0.2, 0) is 9.53 Å². The van der Waals surface area contributed by atoms with E-state index >= 15 is 0 Å². The molecule has 1 unspecified atom stereocenters. The van der Waals surface area contributed by atoms with Crippen molar-refractivity contribution in [3.8, 4) is 11.4 Å². The number of hydrogen-bond acceptors (Lipinski definition) is 6. The standard InChI is InChI=1S/C12H16N6O2/c1-20-6-5-10(13)12(19)14-9-4-2-3-8(7-9)11-15-17-18-16-11/h2-4,7,10H,5-6,13H2,1H3,(H,14,19)(H,15,16,17,18). The van der Waals surface area contributed by atoms with Gasteiger partial charge in [0.2, 0.25) is 11.7 Å². The van der Waals surface area contributed by atoms with E-state index < -0.39 is 6.04 Å². The number of H-pyrrole nitrogens is 1. The highest BCUT2D eigenvalue weighted by atomic mass is 16.5. The molecular weight excluding hydrogens is 260 g/mol. The number of carbonyl (C=O) groups is 1. The van der Waals surface area contributed by atoms with E-state index in [4.69, 9.17) is 10.5 Å². The highest BCUT2D eigenvalue weighted by Crippen LogP contribution is 2.18. The van der Waals surface area contributed by atoms with Crippen molar-refractivity contribution < 1.29 is 9.53 Å². The molecule has 2 aromatic rings. The van der Waals surface area contributed by atoms with Crippen molar-refractivity contribution in [2.45, 2.75) is 12.5 Å². The number of tetrazole rings is 1. The first kappa shape index (κ1) is 14.1. The lowest BCUT2D eigenvalue weighted by Gasteiger charge is -2.12. The van der Waals surface area contributed by atoms with Gasteiger partial charge < -0.3 is 15.8 Å². The summed E-state index contributed by atoms with van der Waals surface area (Å²) in [6.45, 7) is 0.442. The molecule has 0 fully saturated rings. The lowest BCUT2D eigenvalue weighted by molar-refractivity contribution is -0.117. The third kappa shape index (κ3) is 3.59. The van der Waals surface area contributed by atoms with E-state index in [9.17, 15) is 4.79 Å². The number of nitrogens with zero attached hydrogens (tertiary/aromatic N) is 3. The number of aromatic amines is 1. The van der Waals surface area contributed by atoms with Gasteiger partial charge in [-0.1, -0.05) is 12.1 Å². The molecule has 106 valence electrons. The van der Waals surface area contributed by atoms with Crippen LogP contribution in [-0.4, -0.2) is 46.3 Å². The molecule has 0 aliphatic carbocycles. The predicted octanol–water partition coefficient (Wildman–Crippen LogP) is 0.169. The fourth-order valence-electron chi connectivity index (χ4n) is 1.63. The Morgan fingerprint density at radius 3 is 3.10 bits per heavy atom. The smallest absolute Gasteiger partial charge is 0.241 e. The maximum absolute atomic E-state index is 11.9. The van der Waals surface area contributed by atoms with Crippen molar-refractivity contribution in [2.24, 2.45) is 5.73 Å². The zero-order valence-electron chi connectivity index (χ0n) is 11.0. The number of nitrogens with one attached hydrogen (secondary N) is 2. The predicted molar refractivity (Wildman–Crippen MR) is 72.7 cm³/mol. The number of hydrogen-bond donors (Lipinski definition) is 3.